The largest absolute Gasteiger partial charge is 0.496 e. The van der Waals surface area contributed by atoms with Crippen LogP contribution in [0.15, 0.2) is 30.9 Å². The number of carbonyl (C=O) groups excluding carboxylic acids is 1. The second kappa shape index (κ2) is 7.60. The predicted molar refractivity (Wildman–Crippen MR) is 87.2 cm³/mol. The molecule has 8 heteroatoms. The van der Waals surface area contributed by atoms with E-state index in [1.807, 2.05) is 0 Å². The number of ether oxygens (including phenoxy) is 1. The smallest absolute Gasteiger partial charge is 0.222 e. The van der Waals surface area contributed by atoms with Crippen molar-refractivity contribution < 1.29 is 19.0 Å². The highest BCUT2D eigenvalue weighted by Gasteiger charge is 2.37. The lowest BCUT2D eigenvalue weighted by Crippen LogP contribution is -2.41. The van der Waals surface area contributed by atoms with Crippen LogP contribution < -0.4 is 10.1 Å². The Balaban J connectivity index is 1.73. The number of rotatable bonds is 7. The van der Waals surface area contributed by atoms with Gasteiger partial charge in [-0.15, -0.1) is 0 Å². The van der Waals surface area contributed by atoms with E-state index in [0.29, 0.717) is 30.7 Å². The molecule has 134 valence electrons. The maximum absolute atomic E-state index is 13.7. The van der Waals surface area contributed by atoms with Crippen LogP contribution in [0.3, 0.4) is 0 Å². The topological polar surface area (TPSA) is 89.3 Å². The molecule has 7 nitrogen and oxygen atoms in total. The standard InChI is InChI=1S/C17H21FN4O3/c1-25-15-3-2-12(18)8-14(15)17(11-6-13(23)7-11)21-16(24)4-5-22-10-19-9-20-22/h2-3,8-11,13,17,23H,4-7H2,1H3,(H,21,24)/t11?,13?,17-/m1/s1. The van der Waals surface area contributed by atoms with Gasteiger partial charge in [0.05, 0.1) is 25.8 Å². The number of carbonyl (C=O) groups is 1. The Hall–Kier alpha value is -2.48. The zero-order chi connectivity index (χ0) is 17.8. The van der Waals surface area contributed by atoms with Crippen LogP contribution in [-0.2, 0) is 11.3 Å². The highest BCUT2D eigenvalue weighted by atomic mass is 19.1. The molecule has 1 amide bonds. The van der Waals surface area contributed by atoms with E-state index in [-0.39, 0.29) is 24.3 Å². The van der Waals surface area contributed by atoms with Crippen molar-refractivity contribution in [3.05, 3.63) is 42.2 Å². The molecule has 1 aromatic carbocycles. The van der Waals surface area contributed by atoms with Gasteiger partial charge in [0.15, 0.2) is 0 Å². The van der Waals surface area contributed by atoms with Gasteiger partial charge < -0.3 is 15.2 Å². The molecule has 1 fully saturated rings. The van der Waals surface area contributed by atoms with Gasteiger partial charge in [-0.3, -0.25) is 9.48 Å². The van der Waals surface area contributed by atoms with Crippen molar-refractivity contribution >= 4 is 5.91 Å². The zero-order valence-corrected chi connectivity index (χ0v) is 13.9. The molecule has 0 radical (unpaired) electrons. The summed E-state index contributed by atoms with van der Waals surface area (Å²) in [6, 6.07) is 3.85. The number of methoxy groups -OCH3 is 1. The number of aliphatic hydroxyl groups excluding tert-OH is 1. The lowest BCUT2D eigenvalue weighted by molar-refractivity contribution is -0.123. The first-order valence-electron chi connectivity index (χ1n) is 8.20. The fourth-order valence-electron chi connectivity index (χ4n) is 3.11. The van der Waals surface area contributed by atoms with Gasteiger partial charge in [0.2, 0.25) is 5.91 Å². The zero-order valence-electron chi connectivity index (χ0n) is 13.9. The summed E-state index contributed by atoms with van der Waals surface area (Å²) >= 11 is 0. The third-order valence-electron chi connectivity index (χ3n) is 4.50. The minimum atomic E-state index is -0.405. The summed E-state index contributed by atoms with van der Waals surface area (Å²) in [5, 5.41) is 16.5. The van der Waals surface area contributed by atoms with Gasteiger partial charge in [-0.05, 0) is 37.0 Å². The lowest BCUT2D eigenvalue weighted by Gasteiger charge is -2.38. The summed E-state index contributed by atoms with van der Waals surface area (Å²) in [5.41, 5.74) is 0.591. The summed E-state index contributed by atoms with van der Waals surface area (Å²) in [7, 11) is 1.51. The highest BCUT2D eigenvalue weighted by Crippen LogP contribution is 2.41. The SMILES string of the molecule is COc1ccc(F)cc1[C@H](NC(=O)CCn1cncn1)C1CC(O)C1. The molecule has 1 aromatic heterocycles. The van der Waals surface area contributed by atoms with E-state index in [9.17, 15) is 14.3 Å². The van der Waals surface area contributed by atoms with Crippen LogP contribution >= 0.6 is 0 Å². The van der Waals surface area contributed by atoms with Crippen molar-refractivity contribution in [2.24, 2.45) is 5.92 Å². The number of halogens is 1. The maximum atomic E-state index is 13.7. The van der Waals surface area contributed by atoms with E-state index >= 15 is 0 Å². The van der Waals surface area contributed by atoms with Crippen LogP contribution in [0.1, 0.15) is 30.9 Å². The van der Waals surface area contributed by atoms with Gasteiger partial charge in [-0.2, -0.15) is 5.10 Å². The first-order chi connectivity index (χ1) is 12.1. The Morgan fingerprint density at radius 2 is 2.32 bits per heavy atom. The average molecular weight is 348 g/mol. The molecular weight excluding hydrogens is 327 g/mol. The Kier molecular flexibility index (Phi) is 5.28. The minimum Gasteiger partial charge on any atom is -0.496 e. The van der Waals surface area contributed by atoms with E-state index in [4.69, 9.17) is 4.74 Å². The van der Waals surface area contributed by atoms with Crippen molar-refractivity contribution in [1.29, 1.82) is 0 Å². The van der Waals surface area contributed by atoms with Crippen LogP contribution in [0.4, 0.5) is 4.39 Å². The van der Waals surface area contributed by atoms with E-state index < -0.39 is 11.9 Å². The number of hydrogen-bond acceptors (Lipinski definition) is 5. The molecular formula is C17H21FN4O3. The van der Waals surface area contributed by atoms with Gasteiger partial charge in [-0.25, -0.2) is 9.37 Å². The maximum Gasteiger partial charge on any atom is 0.222 e. The lowest BCUT2D eigenvalue weighted by atomic mass is 9.74. The number of amides is 1. The Bertz CT molecular complexity index is 717. The first kappa shape index (κ1) is 17.3. The molecule has 0 unspecified atom stereocenters. The molecule has 2 N–H and O–H groups in total. The summed E-state index contributed by atoms with van der Waals surface area (Å²) < 4.78 is 20.6. The number of nitrogens with zero attached hydrogens (tertiary/aromatic N) is 3. The molecule has 3 rings (SSSR count). The third kappa shape index (κ3) is 4.14. The second-order valence-corrected chi connectivity index (χ2v) is 6.23. The van der Waals surface area contributed by atoms with Crippen molar-refractivity contribution in [3.63, 3.8) is 0 Å². The molecule has 1 aliphatic rings. The summed E-state index contributed by atoms with van der Waals surface area (Å²) in [6.45, 7) is 0.409. The normalized spacial score (nSPS) is 20.6. The molecule has 0 bridgehead atoms. The number of aliphatic hydroxyl groups is 1. The molecule has 0 saturated heterocycles. The molecule has 1 atom stereocenters. The van der Waals surface area contributed by atoms with E-state index in [1.54, 1.807) is 17.1 Å². The van der Waals surface area contributed by atoms with Crippen molar-refractivity contribution in [2.45, 2.75) is 38.0 Å². The van der Waals surface area contributed by atoms with Crippen LogP contribution in [0.25, 0.3) is 0 Å². The number of aromatic nitrogens is 3. The Morgan fingerprint density at radius 3 is 2.96 bits per heavy atom. The van der Waals surface area contributed by atoms with Crippen molar-refractivity contribution in [2.75, 3.05) is 7.11 Å². The van der Waals surface area contributed by atoms with Gasteiger partial charge in [0, 0.05) is 12.0 Å². The Labute approximate surface area is 144 Å². The fraction of sp³-hybridized carbons (Fsp3) is 0.471. The quantitative estimate of drug-likeness (QED) is 0.790. The number of nitrogens with one attached hydrogen (secondary N) is 1. The fourth-order valence-corrected chi connectivity index (χ4v) is 3.11. The van der Waals surface area contributed by atoms with Crippen LogP contribution in [-0.4, -0.2) is 39.0 Å². The van der Waals surface area contributed by atoms with Crippen molar-refractivity contribution in [1.82, 2.24) is 20.1 Å². The van der Waals surface area contributed by atoms with Gasteiger partial charge in [0.25, 0.3) is 0 Å². The average Bonchev–Trinajstić information content (AvgIpc) is 3.09. The molecule has 25 heavy (non-hydrogen) atoms. The molecule has 1 heterocycles. The van der Waals surface area contributed by atoms with E-state index in [0.717, 1.165) is 0 Å². The van der Waals surface area contributed by atoms with Gasteiger partial charge >= 0.3 is 0 Å². The summed E-state index contributed by atoms with van der Waals surface area (Å²) in [6.07, 6.45) is 3.93. The van der Waals surface area contributed by atoms with Crippen molar-refractivity contribution in [3.8, 4) is 5.75 Å². The molecule has 2 aromatic rings. The third-order valence-corrected chi connectivity index (χ3v) is 4.50. The van der Waals surface area contributed by atoms with Crippen LogP contribution in [0, 0.1) is 11.7 Å². The summed E-state index contributed by atoms with van der Waals surface area (Å²) in [4.78, 5) is 16.2. The second-order valence-electron chi connectivity index (χ2n) is 6.23. The van der Waals surface area contributed by atoms with Crippen LogP contribution in [0.2, 0.25) is 0 Å². The van der Waals surface area contributed by atoms with E-state index in [2.05, 4.69) is 15.4 Å². The van der Waals surface area contributed by atoms with E-state index in [1.165, 1.54) is 25.6 Å². The molecule has 1 aliphatic carbocycles. The molecule has 0 aliphatic heterocycles. The van der Waals surface area contributed by atoms with Gasteiger partial charge in [-0.1, -0.05) is 0 Å². The highest BCUT2D eigenvalue weighted by molar-refractivity contribution is 5.76. The minimum absolute atomic E-state index is 0.0426. The monoisotopic (exact) mass is 348 g/mol. The predicted octanol–water partition coefficient (Wildman–Crippen LogP) is 1.44. The number of benzene rings is 1. The number of hydrogen-bond donors (Lipinski definition) is 2. The Morgan fingerprint density at radius 1 is 1.52 bits per heavy atom. The number of aryl methyl sites for hydroxylation is 1. The summed E-state index contributed by atoms with van der Waals surface area (Å²) in [5.74, 6) is -0.00359. The van der Waals surface area contributed by atoms with Gasteiger partial charge in [0.1, 0.15) is 24.2 Å². The first-order valence-corrected chi connectivity index (χ1v) is 8.20. The molecule has 1 saturated carbocycles. The molecule has 0 spiro atoms. The van der Waals surface area contributed by atoms with Crippen LogP contribution in [0.5, 0.6) is 5.75 Å².